The highest BCUT2D eigenvalue weighted by Crippen LogP contribution is 2.20. The summed E-state index contributed by atoms with van der Waals surface area (Å²) in [6.45, 7) is 7.50. The van der Waals surface area contributed by atoms with Crippen LogP contribution in [0.1, 0.15) is 63.8 Å². The largest absolute Gasteiger partial charge is 0.445 e. The number of amides is 4. The van der Waals surface area contributed by atoms with Gasteiger partial charge in [-0.2, -0.15) is 0 Å². The number of hydrogen-bond donors (Lipinski definition) is 7. The zero-order valence-electron chi connectivity index (χ0n) is 31.5. The molecule has 0 aliphatic heterocycles. The summed E-state index contributed by atoms with van der Waals surface area (Å²) in [7, 11) is 0. The van der Waals surface area contributed by atoms with Gasteiger partial charge in [0.15, 0.2) is 0 Å². The Labute approximate surface area is 316 Å². The maximum Gasteiger partial charge on any atom is 0.408 e. The molecule has 0 radical (unpaired) electrons. The van der Waals surface area contributed by atoms with Crippen LogP contribution in [0, 0.1) is 11.8 Å². The fourth-order valence-electron chi connectivity index (χ4n) is 6.25. The number of fused-ring (bicyclic) bond motifs is 1. The molecule has 0 aliphatic rings. The Balaban J connectivity index is 1.55. The van der Waals surface area contributed by atoms with Gasteiger partial charge in [-0.05, 0) is 40.2 Å². The molecule has 3 unspecified atom stereocenters. The van der Waals surface area contributed by atoms with E-state index >= 15 is 0 Å². The van der Waals surface area contributed by atoms with Crippen molar-refractivity contribution in [2.45, 2.75) is 96.7 Å². The van der Waals surface area contributed by atoms with E-state index in [0.717, 1.165) is 28.3 Å². The normalized spacial score (nSPS) is 14.6. The number of rotatable bonds is 20. The maximum atomic E-state index is 14.2. The van der Waals surface area contributed by atoms with Crippen molar-refractivity contribution in [1.29, 1.82) is 0 Å². The number of nitrogens with one attached hydrogen (secondary N) is 5. The highest BCUT2D eigenvalue weighted by molar-refractivity contribution is 5.93. The Morgan fingerprint density at radius 2 is 1.50 bits per heavy atom. The molecular weight excluding hydrogens is 688 g/mol. The molecule has 0 spiro atoms. The van der Waals surface area contributed by atoms with Crippen molar-refractivity contribution in [2.75, 3.05) is 6.61 Å². The molecule has 4 amide bonds. The third kappa shape index (κ3) is 12.7. The van der Waals surface area contributed by atoms with Crippen LogP contribution < -0.4 is 21.3 Å². The second-order valence-electron chi connectivity index (χ2n) is 14.2. The number of aliphatic hydroxyl groups excluding tert-OH is 2. The van der Waals surface area contributed by atoms with Gasteiger partial charge < -0.3 is 41.2 Å². The number of aliphatic hydroxyl groups is 2. The third-order valence-electron chi connectivity index (χ3n) is 9.51. The number of imidazole rings is 1. The number of aromatic amines is 1. The van der Waals surface area contributed by atoms with Gasteiger partial charge in [0, 0.05) is 19.0 Å². The van der Waals surface area contributed by atoms with Gasteiger partial charge >= 0.3 is 6.09 Å². The summed E-state index contributed by atoms with van der Waals surface area (Å²) in [4.78, 5) is 61.4. The number of H-pyrrole nitrogens is 1. The van der Waals surface area contributed by atoms with Gasteiger partial charge in [-0.1, -0.05) is 107 Å². The summed E-state index contributed by atoms with van der Waals surface area (Å²) in [5, 5.41) is 34.1. The molecule has 13 nitrogen and oxygen atoms in total. The summed E-state index contributed by atoms with van der Waals surface area (Å²) in [6.07, 6.45) is 1.90. The first-order valence-corrected chi connectivity index (χ1v) is 18.6. The summed E-state index contributed by atoms with van der Waals surface area (Å²) < 4.78 is 5.47. The predicted molar refractivity (Wildman–Crippen MR) is 206 cm³/mol. The highest BCUT2D eigenvalue weighted by atomic mass is 16.5. The molecule has 3 aromatic carbocycles. The van der Waals surface area contributed by atoms with Crippen LogP contribution in [0.15, 0.2) is 85.3 Å². The molecule has 4 aromatic rings. The average Bonchev–Trinajstić information content (AvgIpc) is 3.68. The Morgan fingerprint density at radius 1 is 0.815 bits per heavy atom. The van der Waals surface area contributed by atoms with Crippen LogP contribution in [-0.4, -0.2) is 80.9 Å². The summed E-state index contributed by atoms with van der Waals surface area (Å²) in [5.41, 5.74) is 2.08. The van der Waals surface area contributed by atoms with Crippen LogP contribution >= 0.6 is 0 Å². The lowest BCUT2D eigenvalue weighted by Gasteiger charge is -2.29. The van der Waals surface area contributed by atoms with E-state index in [1.807, 2.05) is 100 Å². The van der Waals surface area contributed by atoms with Crippen molar-refractivity contribution in [3.63, 3.8) is 0 Å². The maximum absolute atomic E-state index is 14.2. The molecule has 54 heavy (non-hydrogen) atoms. The number of alkyl carbamates (subject to hydrolysis) is 1. The Bertz CT molecular complexity index is 1780. The van der Waals surface area contributed by atoms with Gasteiger partial charge in [0.1, 0.15) is 18.7 Å². The molecule has 1 aromatic heterocycles. The molecule has 0 saturated heterocycles. The first kappa shape index (κ1) is 41.5. The number of carbonyl (C=O) groups is 4. The van der Waals surface area contributed by atoms with E-state index in [4.69, 9.17) is 4.74 Å². The second kappa shape index (κ2) is 20.8. The van der Waals surface area contributed by atoms with E-state index in [0.29, 0.717) is 12.1 Å². The first-order chi connectivity index (χ1) is 26.0. The smallest absolute Gasteiger partial charge is 0.408 e. The minimum Gasteiger partial charge on any atom is -0.445 e. The molecule has 13 heteroatoms. The lowest BCUT2D eigenvalue weighted by atomic mass is 9.95. The number of aromatic nitrogens is 2. The minimum atomic E-state index is -1.26. The van der Waals surface area contributed by atoms with E-state index in [2.05, 4.69) is 31.2 Å². The van der Waals surface area contributed by atoms with Crippen molar-refractivity contribution >= 4 is 34.6 Å². The zero-order chi connectivity index (χ0) is 39.0. The van der Waals surface area contributed by atoms with Crippen molar-refractivity contribution in [3.05, 3.63) is 102 Å². The van der Waals surface area contributed by atoms with Crippen LogP contribution in [0.3, 0.4) is 0 Å². The second-order valence-corrected chi connectivity index (χ2v) is 14.2. The van der Waals surface area contributed by atoms with Gasteiger partial charge in [-0.3, -0.25) is 14.4 Å². The molecule has 0 fully saturated rings. The van der Waals surface area contributed by atoms with Gasteiger partial charge in [-0.15, -0.1) is 0 Å². The Hall–Kier alpha value is -5.27. The summed E-state index contributed by atoms with van der Waals surface area (Å²) in [5.74, 6) is -1.62. The van der Waals surface area contributed by atoms with E-state index < -0.39 is 54.1 Å². The highest BCUT2D eigenvalue weighted by Gasteiger charge is 2.32. The fraction of sp³-hybridized carbons (Fsp3) is 0.439. The van der Waals surface area contributed by atoms with Crippen molar-refractivity contribution in [1.82, 2.24) is 31.2 Å². The quantitative estimate of drug-likeness (QED) is 0.0708. The predicted octanol–water partition coefficient (Wildman–Crippen LogP) is 3.93. The summed E-state index contributed by atoms with van der Waals surface area (Å²) in [6, 6.07) is 19.0. The summed E-state index contributed by atoms with van der Waals surface area (Å²) >= 11 is 0. The topological polar surface area (TPSA) is 195 Å². The monoisotopic (exact) mass is 742 g/mol. The lowest BCUT2D eigenvalue weighted by molar-refractivity contribution is -0.131. The van der Waals surface area contributed by atoms with E-state index in [-0.39, 0.29) is 44.3 Å². The number of carbonyl (C=O) groups excluding carboxylic acids is 4. The SMILES string of the molecule is CCC(C)[C@@H](CO)NC(=O)CC(O)C(CC(C)C)NC(=O)[C@@H](Cc1c[nH]cn1)NC(=O)[C@H](Cc1cccc2ccccc12)NC(=O)OCc1ccccc1. The average molecular weight is 743 g/mol. The van der Waals surface area contributed by atoms with Gasteiger partial charge in [0.05, 0.1) is 43.2 Å². The molecule has 1 heterocycles. The van der Waals surface area contributed by atoms with Crippen molar-refractivity contribution in [2.24, 2.45) is 11.8 Å². The first-order valence-electron chi connectivity index (χ1n) is 18.6. The molecule has 0 aliphatic carbocycles. The van der Waals surface area contributed by atoms with E-state index in [1.165, 1.54) is 6.33 Å². The number of nitrogens with zero attached hydrogens (tertiary/aromatic N) is 1. The molecule has 4 rings (SSSR count). The van der Waals surface area contributed by atoms with Crippen LogP contribution in [0.25, 0.3) is 10.8 Å². The third-order valence-corrected chi connectivity index (χ3v) is 9.51. The number of ether oxygens (including phenoxy) is 1. The van der Waals surface area contributed by atoms with Gasteiger partial charge in [0.2, 0.25) is 17.7 Å². The van der Waals surface area contributed by atoms with Crippen LogP contribution in [0.4, 0.5) is 4.79 Å². The van der Waals surface area contributed by atoms with Gasteiger partial charge in [0.25, 0.3) is 0 Å². The molecule has 0 saturated carbocycles. The van der Waals surface area contributed by atoms with Crippen LogP contribution in [0.2, 0.25) is 0 Å². The van der Waals surface area contributed by atoms with E-state index in [1.54, 1.807) is 6.20 Å². The number of hydrogen-bond acceptors (Lipinski definition) is 8. The molecule has 0 bridgehead atoms. The lowest BCUT2D eigenvalue weighted by Crippen LogP contribution is -2.57. The molecule has 7 N–H and O–H groups in total. The van der Waals surface area contributed by atoms with Crippen LogP contribution in [-0.2, 0) is 38.6 Å². The van der Waals surface area contributed by atoms with Crippen molar-refractivity contribution in [3.8, 4) is 0 Å². The fourth-order valence-corrected chi connectivity index (χ4v) is 6.25. The van der Waals surface area contributed by atoms with E-state index in [9.17, 15) is 29.4 Å². The molecule has 290 valence electrons. The molecule has 6 atom stereocenters. The van der Waals surface area contributed by atoms with Gasteiger partial charge in [-0.25, -0.2) is 9.78 Å². The van der Waals surface area contributed by atoms with Crippen LogP contribution in [0.5, 0.6) is 0 Å². The zero-order valence-corrected chi connectivity index (χ0v) is 31.5. The van der Waals surface area contributed by atoms with Crippen molar-refractivity contribution < 1.29 is 34.1 Å². The molecular formula is C41H54N6O7. The Kier molecular flexibility index (Phi) is 16.0. The minimum absolute atomic E-state index is 0.00141. The standard InChI is InChI=1S/C41H54N6O7/c1-5-27(4)36(23-48)44-38(50)21-37(49)33(18-26(2)3)45-40(52)35(20-31-22-42-25-43-31)46-39(51)34(47-41(53)54-24-28-12-7-6-8-13-28)19-30-16-11-15-29-14-9-10-17-32(29)30/h6-17,22,25-27,33-37,48-49H,5,18-21,23-24H2,1-4H3,(H,42,43)(H,44,50)(H,45,52)(H,46,51)(H,47,53)/t27?,33?,34-,35+,36+,37?/m0/s1. The Morgan fingerprint density at radius 3 is 2.19 bits per heavy atom. The number of benzene rings is 3.